The molecule has 0 radical (unpaired) electrons. The molecule has 2 heterocycles. The summed E-state index contributed by atoms with van der Waals surface area (Å²) < 4.78 is 13.5. The maximum Gasteiger partial charge on any atom is 0.125 e. The van der Waals surface area contributed by atoms with Crippen LogP contribution in [0.4, 0.5) is 15.8 Å². The summed E-state index contributed by atoms with van der Waals surface area (Å²) in [6, 6.07) is 8.95. The van der Waals surface area contributed by atoms with Gasteiger partial charge in [0.15, 0.2) is 0 Å². The summed E-state index contributed by atoms with van der Waals surface area (Å²) >= 11 is 0. The molecule has 0 amide bonds. The highest BCUT2D eigenvalue weighted by Gasteiger charge is 2.24. The Kier molecular flexibility index (Phi) is 2.90. The monoisotopic (exact) mass is 267 g/mol. The lowest BCUT2D eigenvalue weighted by Gasteiger charge is -2.22. The minimum absolute atomic E-state index is 0.253. The second kappa shape index (κ2) is 4.61. The second-order valence-electron chi connectivity index (χ2n) is 5.03. The Bertz CT molecular complexity index is 731. The number of benzene rings is 1. The molecule has 0 bridgehead atoms. The topological polar surface area (TPSA) is 39.9 Å². The number of nitrogens with zero attached hydrogens (tertiary/aromatic N) is 3. The van der Waals surface area contributed by atoms with E-state index >= 15 is 0 Å². The third-order valence-corrected chi connectivity index (χ3v) is 3.65. The number of nitriles is 1. The van der Waals surface area contributed by atoms with Crippen molar-refractivity contribution in [2.24, 2.45) is 0 Å². The maximum atomic E-state index is 13.5. The van der Waals surface area contributed by atoms with Crippen molar-refractivity contribution in [3.63, 3.8) is 0 Å². The summed E-state index contributed by atoms with van der Waals surface area (Å²) in [6.45, 7) is 4.49. The number of anilines is 2. The van der Waals surface area contributed by atoms with Gasteiger partial charge in [-0.05, 0) is 44.0 Å². The molecule has 0 saturated heterocycles. The van der Waals surface area contributed by atoms with Crippen molar-refractivity contribution in [2.75, 3.05) is 11.4 Å². The molecule has 2 aromatic rings. The first kappa shape index (κ1) is 12.6. The van der Waals surface area contributed by atoms with Gasteiger partial charge in [-0.2, -0.15) is 5.26 Å². The molecule has 0 spiro atoms. The zero-order valence-corrected chi connectivity index (χ0v) is 11.4. The second-order valence-corrected chi connectivity index (χ2v) is 5.03. The van der Waals surface area contributed by atoms with E-state index in [2.05, 4.69) is 11.1 Å². The SMILES string of the molecule is Cc1cc(N2CCc3ccc(F)cc32)c(C#N)c(C)n1. The van der Waals surface area contributed by atoms with Gasteiger partial charge in [-0.3, -0.25) is 4.98 Å². The van der Waals surface area contributed by atoms with Gasteiger partial charge >= 0.3 is 0 Å². The number of aromatic nitrogens is 1. The Morgan fingerprint density at radius 1 is 1.25 bits per heavy atom. The van der Waals surface area contributed by atoms with Crippen LogP contribution in [0.2, 0.25) is 0 Å². The summed E-state index contributed by atoms with van der Waals surface area (Å²) in [5, 5.41) is 9.36. The van der Waals surface area contributed by atoms with Crippen molar-refractivity contribution in [3.8, 4) is 6.07 Å². The van der Waals surface area contributed by atoms with Crippen molar-refractivity contribution < 1.29 is 4.39 Å². The normalized spacial score (nSPS) is 13.2. The summed E-state index contributed by atoms with van der Waals surface area (Å²) in [6.07, 6.45) is 0.862. The lowest BCUT2D eigenvalue weighted by Crippen LogP contribution is -2.16. The van der Waals surface area contributed by atoms with Crippen molar-refractivity contribution in [1.29, 1.82) is 5.26 Å². The molecule has 1 aliphatic heterocycles. The van der Waals surface area contributed by atoms with Crippen LogP contribution >= 0.6 is 0 Å². The highest BCUT2D eigenvalue weighted by atomic mass is 19.1. The van der Waals surface area contributed by atoms with Crippen molar-refractivity contribution in [3.05, 3.63) is 52.6 Å². The molecule has 0 atom stereocenters. The summed E-state index contributed by atoms with van der Waals surface area (Å²) in [7, 11) is 0. The molecule has 1 aliphatic rings. The molecule has 20 heavy (non-hydrogen) atoms. The molecule has 3 rings (SSSR count). The molecule has 0 saturated carbocycles. The molecule has 0 unspecified atom stereocenters. The van der Waals surface area contributed by atoms with E-state index in [0.717, 1.165) is 35.6 Å². The van der Waals surface area contributed by atoms with E-state index in [-0.39, 0.29) is 5.82 Å². The van der Waals surface area contributed by atoms with Gasteiger partial charge in [-0.25, -0.2) is 4.39 Å². The number of aryl methyl sites for hydroxylation is 2. The van der Waals surface area contributed by atoms with E-state index in [4.69, 9.17) is 0 Å². The van der Waals surface area contributed by atoms with E-state index in [1.54, 1.807) is 0 Å². The number of fused-ring (bicyclic) bond motifs is 1. The van der Waals surface area contributed by atoms with Crippen LogP contribution in [0, 0.1) is 31.0 Å². The third-order valence-electron chi connectivity index (χ3n) is 3.65. The summed E-state index contributed by atoms with van der Waals surface area (Å²) in [5.74, 6) is -0.253. The van der Waals surface area contributed by atoms with Gasteiger partial charge in [0, 0.05) is 17.9 Å². The quantitative estimate of drug-likeness (QED) is 0.795. The van der Waals surface area contributed by atoms with E-state index in [0.29, 0.717) is 11.3 Å². The average molecular weight is 267 g/mol. The molecule has 0 aliphatic carbocycles. The fraction of sp³-hybridized carbons (Fsp3) is 0.250. The zero-order chi connectivity index (χ0) is 14.3. The Morgan fingerprint density at radius 2 is 2.05 bits per heavy atom. The van der Waals surface area contributed by atoms with Crippen LogP contribution in [-0.2, 0) is 6.42 Å². The van der Waals surface area contributed by atoms with Gasteiger partial charge in [0.1, 0.15) is 11.9 Å². The van der Waals surface area contributed by atoms with E-state index in [9.17, 15) is 9.65 Å². The standard InChI is InChI=1S/C16H14FN3/c1-10-7-16(14(9-18)11(2)19-10)20-6-5-12-3-4-13(17)8-15(12)20/h3-4,7-8H,5-6H2,1-2H3. The van der Waals surface area contributed by atoms with Crippen molar-refractivity contribution >= 4 is 11.4 Å². The summed E-state index contributed by atoms with van der Waals surface area (Å²) in [5.41, 5.74) is 4.93. The first-order valence-corrected chi connectivity index (χ1v) is 6.54. The van der Waals surface area contributed by atoms with E-state index < -0.39 is 0 Å². The van der Waals surface area contributed by atoms with E-state index in [1.165, 1.54) is 12.1 Å². The van der Waals surface area contributed by atoms with Gasteiger partial charge in [-0.15, -0.1) is 0 Å². The van der Waals surface area contributed by atoms with Gasteiger partial charge in [0.2, 0.25) is 0 Å². The average Bonchev–Trinajstić information content (AvgIpc) is 2.80. The third kappa shape index (κ3) is 1.92. The van der Waals surface area contributed by atoms with Crippen LogP contribution in [0.1, 0.15) is 22.5 Å². The molecule has 4 heteroatoms. The highest BCUT2D eigenvalue weighted by molar-refractivity contribution is 5.74. The number of pyridine rings is 1. The number of hydrogen-bond acceptors (Lipinski definition) is 3. The number of rotatable bonds is 1. The molecule has 1 aromatic heterocycles. The molecule has 0 fully saturated rings. The predicted octanol–water partition coefficient (Wildman–Crippen LogP) is 3.40. The minimum atomic E-state index is -0.253. The van der Waals surface area contributed by atoms with Gasteiger partial charge < -0.3 is 4.90 Å². The molecule has 0 N–H and O–H groups in total. The molecular formula is C16H14FN3. The highest BCUT2D eigenvalue weighted by Crippen LogP contribution is 2.37. The van der Waals surface area contributed by atoms with Crippen LogP contribution in [-0.4, -0.2) is 11.5 Å². The van der Waals surface area contributed by atoms with Crippen LogP contribution in [0.3, 0.4) is 0 Å². The number of hydrogen-bond donors (Lipinski definition) is 0. The van der Waals surface area contributed by atoms with Crippen molar-refractivity contribution in [2.45, 2.75) is 20.3 Å². The first-order valence-electron chi connectivity index (χ1n) is 6.54. The minimum Gasteiger partial charge on any atom is -0.340 e. The Balaban J connectivity index is 2.18. The van der Waals surface area contributed by atoms with Crippen LogP contribution < -0.4 is 4.90 Å². The lowest BCUT2D eigenvalue weighted by atomic mass is 10.1. The fourth-order valence-corrected chi connectivity index (χ4v) is 2.76. The molecule has 3 nitrogen and oxygen atoms in total. The lowest BCUT2D eigenvalue weighted by molar-refractivity contribution is 0.628. The number of halogens is 1. The van der Waals surface area contributed by atoms with Crippen molar-refractivity contribution in [1.82, 2.24) is 4.98 Å². The smallest absolute Gasteiger partial charge is 0.125 e. The fourth-order valence-electron chi connectivity index (χ4n) is 2.76. The first-order chi connectivity index (χ1) is 9.60. The molecule has 1 aromatic carbocycles. The van der Waals surface area contributed by atoms with Crippen LogP contribution in [0.15, 0.2) is 24.3 Å². The molecule has 100 valence electrons. The zero-order valence-electron chi connectivity index (χ0n) is 11.4. The molecular weight excluding hydrogens is 253 g/mol. The van der Waals surface area contributed by atoms with Gasteiger partial charge in [0.05, 0.1) is 16.9 Å². The Morgan fingerprint density at radius 3 is 2.80 bits per heavy atom. The largest absolute Gasteiger partial charge is 0.340 e. The van der Waals surface area contributed by atoms with Gasteiger partial charge in [-0.1, -0.05) is 6.07 Å². The van der Waals surface area contributed by atoms with Gasteiger partial charge in [0.25, 0.3) is 0 Å². The predicted molar refractivity (Wildman–Crippen MR) is 75.5 cm³/mol. The summed E-state index contributed by atoms with van der Waals surface area (Å²) in [4.78, 5) is 6.34. The Hall–Kier alpha value is -2.41. The van der Waals surface area contributed by atoms with Crippen LogP contribution in [0.5, 0.6) is 0 Å². The Labute approximate surface area is 117 Å². The van der Waals surface area contributed by atoms with E-state index in [1.807, 2.05) is 30.9 Å². The van der Waals surface area contributed by atoms with Crippen LogP contribution in [0.25, 0.3) is 0 Å². The maximum absolute atomic E-state index is 13.5.